The molecule has 0 bridgehead atoms. The number of likely N-dealkylation sites (tertiary alicyclic amines) is 1. The summed E-state index contributed by atoms with van der Waals surface area (Å²) in [6, 6.07) is 15.4. The summed E-state index contributed by atoms with van der Waals surface area (Å²) in [7, 11) is 0. The molecular weight excluding hydrogens is 324 g/mol. The number of benzene rings is 2. The van der Waals surface area contributed by atoms with E-state index in [4.69, 9.17) is 0 Å². The standard InChI is InChI=1S/C22H24N2O2/c1-16-14-17-8-3-4-11-20(17)24(16)22(26)19-10-7-9-18(15-19)21(25)23-12-5-2-6-13-23/h3-4,7-11,15-16H,2,5-6,12-14H2,1H3. The molecule has 2 aliphatic rings. The highest BCUT2D eigenvalue weighted by molar-refractivity contribution is 6.09. The highest BCUT2D eigenvalue weighted by atomic mass is 16.2. The van der Waals surface area contributed by atoms with Crippen LogP contribution in [0.25, 0.3) is 0 Å². The first-order valence-corrected chi connectivity index (χ1v) is 9.46. The Kier molecular flexibility index (Phi) is 4.49. The predicted molar refractivity (Wildman–Crippen MR) is 103 cm³/mol. The average Bonchev–Trinajstić information content (AvgIpc) is 3.03. The molecule has 2 aliphatic heterocycles. The van der Waals surface area contributed by atoms with E-state index in [0.717, 1.165) is 38.0 Å². The number of nitrogens with zero attached hydrogens (tertiary/aromatic N) is 2. The van der Waals surface area contributed by atoms with Crippen LogP contribution in [0.15, 0.2) is 48.5 Å². The Morgan fingerprint density at radius 2 is 1.58 bits per heavy atom. The summed E-state index contributed by atoms with van der Waals surface area (Å²) in [5, 5.41) is 0. The molecule has 1 unspecified atom stereocenters. The first-order chi connectivity index (χ1) is 12.6. The molecule has 4 heteroatoms. The van der Waals surface area contributed by atoms with E-state index < -0.39 is 0 Å². The van der Waals surface area contributed by atoms with Crippen molar-refractivity contribution in [1.29, 1.82) is 0 Å². The fourth-order valence-electron chi connectivity index (χ4n) is 4.08. The SMILES string of the molecule is CC1Cc2ccccc2N1C(=O)c1cccc(C(=O)N2CCCCC2)c1. The first kappa shape index (κ1) is 16.8. The molecule has 2 amide bonds. The zero-order chi connectivity index (χ0) is 18.1. The number of rotatable bonds is 2. The number of piperidine rings is 1. The summed E-state index contributed by atoms with van der Waals surface area (Å²) in [6.45, 7) is 3.70. The van der Waals surface area contributed by atoms with Crippen molar-refractivity contribution in [3.63, 3.8) is 0 Å². The van der Waals surface area contributed by atoms with Gasteiger partial charge in [0.05, 0.1) is 0 Å². The molecule has 2 aromatic rings. The molecule has 1 saturated heterocycles. The first-order valence-electron chi connectivity index (χ1n) is 9.46. The lowest BCUT2D eigenvalue weighted by Crippen LogP contribution is -2.37. The third-order valence-corrected chi connectivity index (χ3v) is 5.43. The van der Waals surface area contributed by atoms with Crippen LogP contribution in [0, 0.1) is 0 Å². The van der Waals surface area contributed by atoms with Crippen LogP contribution in [0.1, 0.15) is 52.5 Å². The second-order valence-corrected chi connectivity index (χ2v) is 7.29. The number of carbonyl (C=O) groups excluding carboxylic acids is 2. The minimum Gasteiger partial charge on any atom is -0.339 e. The van der Waals surface area contributed by atoms with Gasteiger partial charge in [-0.25, -0.2) is 0 Å². The zero-order valence-electron chi connectivity index (χ0n) is 15.1. The smallest absolute Gasteiger partial charge is 0.258 e. The maximum Gasteiger partial charge on any atom is 0.258 e. The normalized spacial score (nSPS) is 19.3. The molecule has 0 N–H and O–H groups in total. The zero-order valence-corrected chi connectivity index (χ0v) is 15.1. The topological polar surface area (TPSA) is 40.6 Å². The highest BCUT2D eigenvalue weighted by Gasteiger charge is 2.31. The molecule has 4 nitrogen and oxygen atoms in total. The molecule has 1 atom stereocenters. The molecule has 0 radical (unpaired) electrons. The summed E-state index contributed by atoms with van der Waals surface area (Å²) < 4.78 is 0. The van der Waals surface area contributed by atoms with Crippen molar-refractivity contribution in [2.45, 2.75) is 38.6 Å². The third-order valence-electron chi connectivity index (χ3n) is 5.43. The highest BCUT2D eigenvalue weighted by Crippen LogP contribution is 2.33. The van der Waals surface area contributed by atoms with Crippen molar-refractivity contribution >= 4 is 17.5 Å². The van der Waals surface area contributed by atoms with E-state index in [-0.39, 0.29) is 17.9 Å². The van der Waals surface area contributed by atoms with Crippen molar-refractivity contribution < 1.29 is 9.59 Å². The Morgan fingerprint density at radius 1 is 0.885 bits per heavy atom. The van der Waals surface area contributed by atoms with Crippen LogP contribution < -0.4 is 4.90 Å². The lowest BCUT2D eigenvalue weighted by atomic mass is 10.1. The fraction of sp³-hybridized carbons (Fsp3) is 0.364. The van der Waals surface area contributed by atoms with Gasteiger partial charge in [-0.05, 0) is 62.4 Å². The van der Waals surface area contributed by atoms with E-state index in [1.165, 1.54) is 12.0 Å². The van der Waals surface area contributed by atoms with Crippen LogP contribution in [-0.2, 0) is 6.42 Å². The molecule has 4 rings (SSSR count). The van der Waals surface area contributed by atoms with Crippen molar-refractivity contribution in [2.75, 3.05) is 18.0 Å². The van der Waals surface area contributed by atoms with Crippen molar-refractivity contribution in [3.8, 4) is 0 Å². The lowest BCUT2D eigenvalue weighted by molar-refractivity contribution is 0.0724. The maximum atomic E-state index is 13.2. The number of fused-ring (bicyclic) bond motifs is 1. The van der Waals surface area contributed by atoms with E-state index in [1.807, 2.05) is 46.2 Å². The van der Waals surface area contributed by atoms with E-state index in [2.05, 4.69) is 13.0 Å². The van der Waals surface area contributed by atoms with Gasteiger partial charge in [0.25, 0.3) is 11.8 Å². The molecule has 2 aromatic carbocycles. The van der Waals surface area contributed by atoms with Crippen molar-refractivity contribution in [3.05, 3.63) is 65.2 Å². The van der Waals surface area contributed by atoms with Crippen LogP contribution in [0.2, 0.25) is 0 Å². The van der Waals surface area contributed by atoms with Crippen LogP contribution in [0.3, 0.4) is 0 Å². The van der Waals surface area contributed by atoms with E-state index in [1.54, 1.807) is 6.07 Å². The molecule has 26 heavy (non-hydrogen) atoms. The Bertz CT molecular complexity index is 840. The summed E-state index contributed by atoms with van der Waals surface area (Å²) in [4.78, 5) is 29.7. The molecule has 0 aliphatic carbocycles. The van der Waals surface area contributed by atoms with E-state index >= 15 is 0 Å². The Hall–Kier alpha value is -2.62. The van der Waals surface area contributed by atoms with Gasteiger partial charge in [-0.1, -0.05) is 24.3 Å². The van der Waals surface area contributed by atoms with Crippen molar-refractivity contribution in [2.24, 2.45) is 0 Å². The van der Waals surface area contributed by atoms with Gasteiger partial charge in [0.2, 0.25) is 0 Å². The predicted octanol–water partition coefficient (Wildman–Crippen LogP) is 3.90. The number of anilines is 1. The molecule has 0 spiro atoms. The largest absolute Gasteiger partial charge is 0.339 e. The van der Waals surface area contributed by atoms with Gasteiger partial charge >= 0.3 is 0 Å². The van der Waals surface area contributed by atoms with E-state index in [0.29, 0.717) is 11.1 Å². The summed E-state index contributed by atoms with van der Waals surface area (Å²) >= 11 is 0. The fourth-order valence-corrected chi connectivity index (χ4v) is 4.08. The Morgan fingerprint density at radius 3 is 2.35 bits per heavy atom. The third kappa shape index (κ3) is 3.00. The molecule has 1 fully saturated rings. The summed E-state index contributed by atoms with van der Waals surface area (Å²) in [5.41, 5.74) is 3.38. The minimum absolute atomic E-state index is 0.0317. The van der Waals surface area contributed by atoms with Crippen LogP contribution in [0.5, 0.6) is 0 Å². The number of para-hydroxylation sites is 1. The Labute approximate surface area is 154 Å². The molecular formula is C22H24N2O2. The van der Waals surface area contributed by atoms with Gasteiger partial charge in [0, 0.05) is 35.9 Å². The number of hydrogen-bond acceptors (Lipinski definition) is 2. The monoisotopic (exact) mass is 348 g/mol. The van der Waals surface area contributed by atoms with Gasteiger partial charge < -0.3 is 9.80 Å². The van der Waals surface area contributed by atoms with Gasteiger partial charge in [0.15, 0.2) is 0 Å². The van der Waals surface area contributed by atoms with Crippen molar-refractivity contribution in [1.82, 2.24) is 4.90 Å². The number of amides is 2. The Balaban J connectivity index is 1.60. The second kappa shape index (κ2) is 6.94. The minimum atomic E-state index is -0.0317. The molecule has 2 heterocycles. The molecule has 0 saturated carbocycles. The second-order valence-electron chi connectivity index (χ2n) is 7.29. The van der Waals surface area contributed by atoms with E-state index in [9.17, 15) is 9.59 Å². The van der Waals surface area contributed by atoms with Gasteiger partial charge in [-0.2, -0.15) is 0 Å². The van der Waals surface area contributed by atoms with Crippen LogP contribution >= 0.6 is 0 Å². The summed E-state index contributed by atoms with van der Waals surface area (Å²) in [5.74, 6) is 0.00460. The maximum absolute atomic E-state index is 13.2. The quantitative estimate of drug-likeness (QED) is 0.826. The van der Waals surface area contributed by atoms with Crippen LogP contribution in [-0.4, -0.2) is 35.8 Å². The number of hydrogen-bond donors (Lipinski definition) is 0. The average molecular weight is 348 g/mol. The summed E-state index contributed by atoms with van der Waals surface area (Å²) in [6.07, 6.45) is 4.18. The van der Waals surface area contributed by atoms with Crippen LogP contribution in [0.4, 0.5) is 5.69 Å². The molecule has 134 valence electrons. The number of carbonyl (C=O) groups is 2. The molecule has 0 aromatic heterocycles. The van der Waals surface area contributed by atoms with Gasteiger partial charge in [0.1, 0.15) is 0 Å². The van der Waals surface area contributed by atoms with Gasteiger partial charge in [-0.15, -0.1) is 0 Å². The lowest BCUT2D eigenvalue weighted by Gasteiger charge is -2.27. The van der Waals surface area contributed by atoms with Gasteiger partial charge in [-0.3, -0.25) is 9.59 Å².